The predicted octanol–water partition coefficient (Wildman–Crippen LogP) is 2.59. The SMILES string of the molecule is CCCCCCCCCCCCCCCCOC[C@@H](N)CO[C@@H]1O[C@H](CO)[C@@H](O)[C@H](O)[C@H]1N. The van der Waals surface area contributed by atoms with Gasteiger partial charge in [-0.2, -0.15) is 0 Å². The number of aliphatic hydroxyl groups is 3. The van der Waals surface area contributed by atoms with E-state index in [0.717, 1.165) is 6.42 Å². The highest BCUT2D eigenvalue weighted by Crippen LogP contribution is 2.20. The maximum atomic E-state index is 9.94. The fraction of sp³-hybridized carbons (Fsp3) is 1.00. The minimum atomic E-state index is -1.24. The monoisotopic (exact) mass is 476 g/mol. The number of hydrogen-bond acceptors (Lipinski definition) is 8. The van der Waals surface area contributed by atoms with Gasteiger partial charge >= 0.3 is 0 Å². The Morgan fingerprint density at radius 1 is 0.788 bits per heavy atom. The highest BCUT2D eigenvalue weighted by Gasteiger charge is 2.43. The third-order valence-electron chi connectivity index (χ3n) is 6.38. The first kappa shape index (κ1) is 30.7. The third kappa shape index (κ3) is 14.0. The average molecular weight is 477 g/mol. The summed E-state index contributed by atoms with van der Waals surface area (Å²) in [5, 5.41) is 29.0. The van der Waals surface area contributed by atoms with Gasteiger partial charge in [0.05, 0.1) is 31.9 Å². The van der Waals surface area contributed by atoms with Crippen molar-refractivity contribution in [1.82, 2.24) is 0 Å². The second kappa shape index (κ2) is 19.9. The first-order valence-electron chi connectivity index (χ1n) is 13.3. The van der Waals surface area contributed by atoms with Crippen molar-refractivity contribution >= 4 is 0 Å². The Hall–Kier alpha value is -0.320. The molecule has 0 aromatic rings. The molecule has 0 aromatic heterocycles. The Kier molecular flexibility index (Phi) is 18.5. The topological polar surface area (TPSA) is 140 Å². The lowest BCUT2D eigenvalue weighted by Gasteiger charge is -2.40. The van der Waals surface area contributed by atoms with Crippen molar-refractivity contribution in [2.75, 3.05) is 26.4 Å². The highest BCUT2D eigenvalue weighted by atomic mass is 16.7. The zero-order valence-corrected chi connectivity index (χ0v) is 20.9. The Balaban J connectivity index is 1.90. The molecular weight excluding hydrogens is 424 g/mol. The highest BCUT2D eigenvalue weighted by molar-refractivity contribution is 4.91. The van der Waals surface area contributed by atoms with Crippen LogP contribution in [0.3, 0.4) is 0 Å². The van der Waals surface area contributed by atoms with E-state index >= 15 is 0 Å². The lowest BCUT2D eigenvalue weighted by Crippen LogP contribution is -2.62. The molecule has 198 valence electrons. The number of aliphatic hydroxyl groups excluding tert-OH is 3. The van der Waals surface area contributed by atoms with Gasteiger partial charge in [0, 0.05) is 6.61 Å². The fourth-order valence-corrected chi connectivity index (χ4v) is 4.15. The Morgan fingerprint density at radius 3 is 1.82 bits per heavy atom. The quantitative estimate of drug-likeness (QED) is 0.159. The van der Waals surface area contributed by atoms with Gasteiger partial charge in [0.1, 0.15) is 18.3 Å². The summed E-state index contributed by atoms with van der Waals surface area (Å²) in [5.74, 6) is 0. The van der Waals surface area contributed by atoms with Crippen LogP contribution in [-0.4, -0.2) is 78.4 Å². The van der Waals surface area contributed by atoms with Gasteiger partial charge in [-0.3, -0.25) is 0 Å². The second-order valence-corrected chi connectivity index (χ2v) is 9.55. The Bertz CT molecular complexity index is 443. The van der Waals surface area contributed by atoms with E-state index in [4.69, 9.17) is 25.7 Å². The molecule has 6 atom stereocenters. The van der Waals surface area contributed by atoms with Crippen molar-refractivity contribution in [3.05, 3.63) is 0 Å². The van der Waals surface area contributed by atoms with Crippen LogP contribution in [0.5, 0.6) is 0 Å². The van der Waals surface area contributed by atoms with Crippen LogP contribution < -0.4 is 11.5 Å². The minimum absolute atomic E-state index is 0.151. The smallest absolute Gasteiger partial charge is 0.175 e. The molecule has 33 heavy (non-hydrogen) atoms. The molecule has 0 radical (unpaired) electrons. The molecule has 1 heterocycles. The molecule has 0 aliphatic carbocycles. The number of hydrogen-bond donors (Lipinski definition) is 5. The summed E-state index contributed by atoms with van der Waals surface area (Å²) >= 11 is 0. The molecule has 0 aromatic carbocycles. The van der Waals surface area contributed by atoms with Crippen molar-refractivity contribution in [2.45, 2.75) is 134 Å². The Labute approximate surface area is 201 Å². The molecular formula is C25H52N2O6. The number of ether oxygens (including phenoxy) is 3. The van der Waals surface area contributed by atoms with Gasteiger partial charge in [-0.05, 0) is 6.42 Å². The molecule has 0 saturated carbocycles. The van der Waals surface area contributed by atoms with Gasteiger partial charge in [0.25, 0.3) is 0 Å². The first-order chi connectivity index (χ1) is 16.0. The van der Waals surface area contributed by atoms with Crippen LogP contribution in [0.2, 0.25) is 0 Å². The van der Waals surface area contributed by atoms with Crippen LogP contribution in [-0.2, 0) is 14.2 Å². The molecule has 7 N–H and O–H groups in total. The largest absolute Gasteiger partial charge is 0.394 e. The van der Waals surface area contributed by atoms with Crippen LogP contribution in [0, 0.1) is 0 Å². The Morgan fingerprint density at radius 2 is 1.30 bits per heavy atom. The van der Waals surface area contributed by atoms with Crippen LogP contribution in [0.4, 0.5) is 0 Å². The number of unbranched alkanes of at least 4 members (excludes halogenated alkanes) is 13. The zero-order chi connectivity index (χ0) is 24.3. The molecule has 1 aliphatic heterocycles. The molecule has 0 bridgehead atoms. The average Bonchev–Trinajstić information content (AvgIpc) is 2.82. The van der Waals surface area contributed by atoms with E-state index in [-0.39, 0.29) is 12.6 Å². The van der Waals surface area contributed by atoms with Gasteiger partial charge in [-0.1, -0.05) is 90.4 Å². The molecule has 1 rings (SSSR count). The van der Waals surface area contributed by atoms with E-state index in [1.54, 1.807) is 0 Å². The summed E-state index contributed by atoms with van der Waals surface area (Å²) in [6, 6.07) is -1.25. The van der Waals surface area contributed by atoms with Crippen molar-refractivity contribution in [1.29, 1.82) is 0 Å². The standard InChI is InChI=1S/C25H52N2O6/c1-2-3-4-5-6-7-8-9-10-11-12-13-14-15-16-31-18-20(26)19-32-25-22(27)24(30)23(29)21(17-28)33-25/h20-25,28-30H,2-19,26-27H2,1H3/t20-,21-,22-,23-,24-,25-/m1/s1. The molecule has 1 aliphatic rings. The molecule has 0 unspecified atom stereocenters. The van der Waals surface area contributed by atoms with E-state index in [0.29, 0.717) is 13.2 Å². The summed E-state index contributed by atoms with van der Waals surface area (Å²) in [6.45, 7) is 3.04. The van der Waals surface area contributed by atoms with Gasteiger partial charge < -0.3 is 41.0 Å². The summed E-state index contributed by atoms with van der Waals surface area (Å²) in [4.78, 5) is 0. The summed E-state index contributed by atoms with van der Waals surface area (Å²) in [7, 11) is 0. The molecule has 1 saturated heterocycles. The zero-order valence-electron chi connectivity index (χ0n) is 20.9. The van der Waals surface area contributed by atoms with Crippen LogP contribution in [0.25, 0.3) is 0 Å². The lowest BCUT2D eigenvalue weighted by molar-refractivity contribution is -0.266. The van der Waals surface area contributed by atoms with Crippen molar-refractivity contribution in [2.24, 2.45) is 11.5 Å². The number of nitrogens with two attached hydrogens (primary N) is 2. The van der Waals surface area contributed by atoms with Crippen molar-refractivity contribution in [3.8, 4) is 0 Å². The molecule has 1 fully saturated rings. The maximum Gasteiger partial charge on any atom is 0.175 e. The van der Waals surface area contributed by atoms with Crippen molar-refractivity contribution < 1.29 is 29.5 Å². The van der Waals surface area contributed by atoms with E-state index in [2.05, 4.69) is 6.92 Å². The molecule has 0 spiro atoms. The van der Waals surface area contributed by atoms with E-state index < -0.39 is 37.3 Å². The normalized spacial score (nSPS) is 26.5. The molecule has 0 amide bonds. The predicted molar refractivity (Wildman–Crippen MR) is 131 cm³/mol. The van der Waals surface area contributed by atoms with Crippen LogP contribution >= 0.6 is 0 Å². The van der Waals surface area contributed by atoms with Crippen LogP contribution in [0.15, 0.2) is 0 Å². The summed E-state index contributed by atoms with van der Waals surface area (Å²) in [5.41, 5.74) is 11.9. The first-order valence-corrected chi connectivity index (χ1v) is 13.3. The minimum Gasteiger partial charge on any atom is -0.394 e. The van der Waals surface area contributed by atoms with Gasteiger partial charge in [-0.25, -0.2) is 0 Å². The van der Waals surface area contributed by atoms with Crippen LogP contribution in [0.1, 0.15) is 96.8 Å². The van der Waals surface area contributed by atoms with Gasteiger partial charge in [0.15, 0.2) is 6.29 Å². The van der Waals surface area contributed by atoms with Crippen molar-refractivity contribution in [3.63, 3.8) is 0 Å². The summed E-state index contributed by atoms with van der Waals surface area (Å²) in [6.07, 6.45) is 14.3. The number of rotatable bonds is 21. The van der Waals surface area contributed by atoms with E-state index in [1.807, 2.05) is 0 Å². The van der Waals surface area contributed by atoms with E-state index in [9.17, 15) is 15.3 Å². The second-order valence-electron chi connectivity index (χ2n) is 9.55. The fourth-order valence-electron chi connectivity index (χ4n) is 4.15. The van der Waals surface area contributed by atoms with Gasteiger partial charge in [0.2, 0.25) is 0 Å². The summed E-state index contributed by atoms with van der Waals surface area (Å²) < 4.78 is 16.6. The van der Waals surface area contributed by atoms with E-state index in [1.165, 1.54) is 83.5 Å². The lowest BCUT2D eigenvalue weighted by atomic mass is 9.98. The molecule has 8 nitrogen and oxygen atoms in total. The molecule has 8 heteroatoms. The van der Waals surface area contributed by atoms with Gasteiger partial charge in [-0.15, -0.1) is 0 Å². The maximum absolute atomic E-state index is 9.94. The third-order valence-corrected chi connectivity index (χ3v) is 6.38.